The number of hydrogen-bond acceptors (Lipinski definition) is 3. The van der Waals surface area contributed by atoms with E-state index in [4.69, 9.17) is 11.6 Å². The lowest BCUT2D eigenvalue weighted by Gasteiger charge is -2.21. The third-order valence-electron chi connectivity index (χ3n) is 3.73. The van der Waals surface area contributed by atoms with E-state index in [1.54, 1.807) is 24.3 Å². The zero-order valence-corrected chi connectivity index (χ0v) is 18.7. The number of aliphatic imine (C=N–C) groups is 1. The molecule has 8 heteroatoms. The van der Waals surface area contributed by atoms with Crippen LogP contribution in [-0.4, -0.2) is 30.7 Å². The van der Waals surface area contributed by atoms with Crippen molar-refractivity contribution in [2.75, 3.05) is 19.6 Å². The monoisotopic (exact) mass is 511 g/mol. The minimum Gasteiger partial charge on any atom is -0.383 e. The van der Waals surface area contributed by atoms with Crippen LogP contribution in [0.5, 0.6) is 0 Å². The molecule has 0 radical (unpaired) electrons. The molecule has 1 aromatic heterocycles. The lowest BCUT2D eigenvalue weighted by atomic mass is 10.00. The van der Waals surface area contributed by atoms with Gasteiger partial charge in [-0.1, -0.05) is 17.7 Å². The minimum atomic E-state index is -1.01. The number of rotatable bonds is 7. The Bertz CT molecular complexity index is 710. The van der Waals surface area contributed by atoms with Crippen LogP contribution in [0.25, 0.3) is 0 Å². The Labute approximate surface area is 179 Å². The van der Waals surface area contributed by atoms with Crippen LogP contribution >= 0.6 is 46.9 Å². The number of guanidine groups is 1. The molecule has 144 valence electrons. The number of nitrogens with one attached hydrogen (secondary N) is 2. The van der Waals surface area contributed by atoms with E-state index in [0.717, 1.165) is 11.1 Å². The van der Waals surface area contributed by atoms with Crippen molar-refractivity contribution in [3.05, 3.63) is 57.0 Å². The maximum atomic E-state index is 13.1. The topological polar surface area (TPSA) is 56.7 Å². The molecule has 1 unspecified atom stereocenters. The Morgan fingerprint density at radius 2 is 2.12 bits per heavy atom. The Balaban J connectivity index is 0.00000338. The number of aliphatic hydroxyl groups is 1. The summed E-state index contributed by atoms with van der Waals surface area (Å²) in [5.74, 6) is 0.281. The van der Waals surface area contributed by atoms with Crippen molar-refractivity contribution >= 4 is 52.9 Å². The van der Waals surface area contributed by atoms with E-state index < -0.39 is 5.60 Å². The van der Waals surface area contributed by atoms with Crippen LogP contribution in [0.15, 0.2) is 40.0 Å². The maximum absolute atomic E-state index is 13.1. The predicted octanol–water partition coefficient (Wildman–Crippen LogP) is 4.16. The molecule has 1 atom stereocenters. The first kappa shape index (κ1) is 23.1. The van der Waals surface area contributed by atoms with Gasteiger partial charge >= 0.3 is 0 Å². The second-order valence-electron chi connectivity index (χ2n) is 5.89. The van der Waals surface area contributed by atoms with Gasteiger partial charge in [-0.25, -0.2) is 9.38 Å². The molecule has 0 amide bonds. The van der Waals surface area contributed by atoms with Crippen molar-refractivity contribution in [2.24, 2.45) is 4.99 Å². The largest absolute Gasteiger partial charge is 0.383 e. The summed E-state index contributed by atoms with van der Waals surface area (Å²) < 4.78 is 13.1. The zero-order chi connectivity index (χ0) is 18.3. The van der Waals surface area contributed by atoms with Crippen molar-refractivity contribution in [3.8, 4) is 0 Å². The molecule has 0 aliphatic heterocycles. The van der Waals surface area contributed by atoms with E-state index in [-0.39, 0.29) is 36.3 Å². The number of nitrogens with zero attached hydrogens (tertiary/aromatic N) is 1. The van der Waals surface area contributed by atoms with E-state index in [2.05, 4.69) is 15.6 Å². The first-order valence-corrected chi connectivity index (χ1v) is 9.45. The van der Waals surface area contributed by atoms with Gasteiger partial charge in [0.2, 0.25) is 0 Å². The van der Waals surface area contributed by atoms with Crippen molar-refractivity contribution in [2.45, 2.75) is 25.9 Å². The van der Waals surface area contributed by atoms with Crippen LogP contribution in [0, 0.1) is 5.82 Å². The molecule has 2 aromatic rings. The highest BCUT2D eigenvalue weighted by molar-refractivity contribution is 14.0. The Morgan fingerprint density at radius 3 is 2.73 bits per heavy atom. The molecule has 3 N–H and O–H groups in total. The number of hydrogen-bond donors (Lipinski definition) is 3. The van der Waals surface area contributed by atoms with Gasteiger partial charge in [-0.2, -0.15) is 11.3 Å². The van der Waals surface area contributed by atoms with Crippen molar-refractivity contribution < 1.29 is 9.50 Å². The summed E-state index contributed by atoms with van der Waals surface area (Å²) in [7, 11) is 0. The third kappa shape index (κ3) is 7.02. The van der Waals surface area contributed by atoms with E-state index in [9.17, 15) is 9.50 Å². The van der Waals surface area contributed by atoms with Gasteiger partial charge in [-0.15, -0.1) is 24.0 Å². The van der Waals surface area contributed by atoms with Crippen LogP contribution in [0.2, 0.25) is 5.02 Å². The molecule has 2 rings (SSSR count). The summed E-state index contributed by atoms with van der Waals surface area (Å²) in [5, 5.41) is 21.2. The SMILES string of the molecule is CCNC(=NCC(C)(O)c1ccsc1)NCCc1ccc(F)cc1Cl.I. The van der Waals surface area contributed by atoms with Gasteiger partial charge in [0.05, 0.1) is 6.54 Å². The molecule has 26 heavy (non-hydrogen) atoms. The van der Waals surface area contributed by atoms with E-state index >= 15 is 0 Å². The Morgan fingerprint density at radius 1 is 1.35 bits per heavy atom. The maximum Gasteiger partial charge on any atom is 0.191 e. The summed E-state index contributed by atoms with van der Waals surface area (Å²) in [6.07, 6.45) is 0.643. The molecular formula is C18H24ClFIN3OS. The summed E-state index contributed by atoms with van der Waals surface area (Å²) in [4.78, 5) is 4.46. The predicted molar refractivity (Wildman–Crippen MR) is 118 cm³/mol. The second-order valence-corrected chi connectivity index (χ2v) is 7.08. The fourth-order valence-corrected chi connectivity index (χ4v) is 3.32. The number of benzene rings is 1. The summed E-state index contributed by atoms with van der Waals surface area (Å²) in [5.41, 5.74) is 0.717. The highest BCUT2D eigenvalue weighted by Crippen LogP contribution is 2.23. The van der Waals surface area contributed by atoms with Crippen molar-refractivity contribution in [3.63, 3.8) is 0 Å². The molecule has 1 heterocycles. The highest BCUT2D eigenvalue weighted by atomic mass is 127. The lowest BCUT2D eigenvalue weighted by Crippen LogP contribution is -2.39. The smallest absolute Gasteiger partial charge is 0.191 e. The van der Waals surface area contributed by atoms with Gasteiger partial charge in [0.1, 0.15) is 11.4 Å². The molecule has 0 aliphatic carbocycles. The Hall–Kier alpha value is -0.900. The molecule has 0 aliphatic rings. The van der Waals surface area contributed by atoms with Crippen molar-refractivity contribution in [1.82, 2.24) is 10.6 Å². The molecule has 0 bridgehead atoms. The third-order valence-corrected chi connectivity index (χ3v) is 4.77. The fourth-order valence-electron chi connectivity index (χ4n) is 2.28. The van der Waals surface area contributed by atoms with Gasteiger partial charge in [0, 0.05) is 18.1 Å². The van der Waals surface area contributed by atoms with Gasteiger partial charge in [0.15, 0.2) is 5.96 Å². The summed E-state index contributed by atoms with van der Waals surface area (Å²) in [6.45, 7) is 5.28. The molecule has 1 aromatic carbocycles. The Kier molecular flexibility index (Phi) is 9.84. The number of halogens is 3. The van der Waals surface area contributed by atoms with Gasteiger partial charge in [-0.3, -0.25) is 0 Å². The lowest BCUT2D eigenvalue weighted by molar-refractivity contribution is 0.0677. The quantitative estimate of drug-likeness (QED) is 0.297. The fraction of sp³-hybridized carbons (Fsp3) is 0.389. The zero-order valence-electron chi connectivity index (χ0n) is 14.8. The van der Waals surface area contributed by atoms with Crippen molar-refractivity contribution in [1.29, 1.82) is 0 Å². The molecule has 0 saturated carbocycles. The van der Waals surface area contributed by atoms with Crippen LogP contribution in [-0.2, 0) is 12.0 Å². The van der Waals surface area contributed by atoms with Gasteiger partial charge in [-0.05, 0) is 60.4 Å². The van der Waals surface area contributed by atoms with Crippen LogP contribution < -0.4 is 10.6 Å². The van der Waals surface area contributed by atoms with Crippen LogP contribution in [0.3, 0.4) is 0 Å². The standard InChI is InChI=1S/C18H23ClFN3OS.HI/c1-3-21-17(23-12-18(2,24)14-7-9-25-11-14)22-8-6-13-4-5-15(20)10-16(13)19;/h4-5,7,9-11,24H,3,6,8,12H2,1-2H3,(H2,21,22,23);1H. The second kappa shape index (κ2) is 11.1. The van der Waals surface area contributed by atoms with Crippen LogP contribution in [0.1, 0.15) is 25.0 Å². The molecular weight excluding hydrogens is 488 g/mol. The molecule has 0 fully saturated rings. The van der Waals surface area contributed by atoms with E-state index in [0.29, 0.717) is 30.5 Å². The molecule has 4 nitrogen and oxygen atoms in total. The minimum absolute atomic E-state index is 0. The normalized spacial score (nSPS) is 13.7. The van der Waals surface area contributed by atoms with Gasteiger partial charge in [0.25, 0.3) is 0 Å². The van der Waals surface area contributed by atoms with Crippen LogP contribution in [0.4, 0.5) is 4.39 Å². The summed E-state index contributed by atoms with van der Waals surface area (Å²) in [6, 6.07) is 6.30. The number of thiophene rings is 1. The van der Waals surface area contributed by atoms with E-state index in [1.165, 1.54) is 12.1 Å². The van der Waals surface area contributed by atoms with E-state index in [1.807, 2.05) is 23.8 Å². The molecule has 0 saturated heterocycles. The van der Waals surface area contributed by atoms with Gasteiger partial charge < -0.3 is 15.7 Å². The first-order chi connectivity index (χ1) is 11.9. The summed E-state index contributed by atoms with van der Waals surface area (Å²) >= 11 is 7.58. The highest BCUT2D eigenvalue weighted by Gasteiger charge is 2.23. The first-order valence-electron chi connectivity index (χ1n) is 8.13. The average Bonchev–Trinajstić information content (AvgIpc) is 3.10. The average molecular weight is 512 g/mol. The molecule has 0 spiro atoms.